The zero-order chi connectivity index (χ0) is 13.1. The first-order chi connectivity index (χ1) is 8.58. The maximum atomic E-state index is 6.21. The molecular weight excluding hydrogens is 246 g/mol. The molecule has 1 aromatic heterocycles. The van der Waals surface area contributed by atoms with Gasteiger partial charge in [0.2, 0.25) is 0 Å². The molecule has 0 fully saturated rings. The Morgan fingerprint density at radius 1 is 1.22 bits per heavy atom. The second-order valence-electron chi connectivity index (χ2n) is 4.36. The van der Waals surface area contributed by atoms with Gasteiger partial charge in [-0.3, -0.25) is 0 Å². The van der Waals surface area contributed by atoms with Crippen molar-refractivity contribution in [2.45, 2.75) is 19.4 Å². The second-order valence-corrected chi connectivity index (χ2v) is 4.80. The van der Waals surface area contributed by atoms with Gasteiger partial charge in [-0.15, -0.1) is 0 Å². The fourth-order valence-electron chi connectivity index (χ4n) is 2.05. The summed E-state index contributed by atoms with van der Waals surface area (Å²) in [7, 11) is 0. The van der Waals surface area contributed by atoms with Crippen molar-refractivity contribution < 1.29 is 0 Å². The topological polar surface area (TPSA) is 64.9 Å². The van der Waals surface area contributed by atoms with Crippen LogP contribution < -0.4 is 11.5 Å². The number of nitrogen functional groups attached to an aromatic ring is 1. The number of aryl methyl sites for hydroxylation is 1. The molecule has 1 atom stereocenters. The number of halogens is 1. The fraction of sp³-hybridized carbons (Fsp3) is 0.214. The number of rotatable bonds is 3. The summed E-state index contributed by atoms with van der Waals surface area (Å²) >= 11 is 5.85. The zero-order valence-electron chi connectivity index (χ0n) is 10.2. The van der Waals surface area contributed by atoms with Crippen LogP contribution >= 0.6 is 11.6 Å². The molecule has 1 aromatic carbocycles. The van der Waals surface area contributed by atoms with Gasteiger partial charge in [0.1, 0.15) is 5.82 Å². The van der Waals surface area contributed by atoms with E-state index in [2.05, 4.69) is 4.98 Å². The van der Waals surface area contributed by atoms with Crippen LogP contribution in [0.5, 0.6) is 0 Å². The van der Waals surface area contributed by atoms with Crippen LogP contribution in [0.15, 0.2) is 36.5 Å². The van der Waals surface area contributed by atoms with Gasteiger partial charge in [0.15, 0.2) is 0 Å². The number of hydrogen-bond acceptors (Lipinski definition) is 3. The second kappa shape index (κ2) is 5.38. The summed E-state index contributed by atoms with van der Waals surface area (Å²) in [5.74, 6) is 0.511. The minimum atomic E-state index is -0.153. The summed E-state index contributed by atoms with van der Waals surface area (Å²) in [6, 6.07) is 9.45. The van der Waals surface area contributed by atoms with Crippen LogP contribution in [-0.2, 0) is 6.42 Å². The van der Waals surface area contributed by atoms with Gasteiger partial charge in [-0.1, -0.05) is 23.7 Å². The summed E-state index contributed by atoms with van der Waals surface area (Å²) in [6.45, 7) is 2.00. The van der Waals surface area contributed by atoms with Crippen molar-refractivity contribution in [1.82, 2.24) is 4.98 Å². The highest BCUT2D eigenvalue weighted by Crippen LogP contribution is 2.24. The van der Waals surface area contributed by atoms with Crippen molar-refractivity contribution in [2.24, 2.45) is 5.73 Å². The van der Waals surface area contributed by atoms with Crippen molar-refractivity contribution in [3.05, 3.63) is 58.2 Å². The molecule has 0 saturated heterocycles. The average molecular weight is 262 g/mol. The zero-order valence-corrected chi connectivity index (χ0v) is 11.0. The minimum Gasteiger partial charge on any atom is -0.383 e. The van der Waals surface area contributed by atoms with E-state index in [0.29, 0.717) is 12.2 Å². The van der Waals surface area contributed by atoms with Gasteiger partial charge >= 0.3 is 0 Å². The molecule has 0 amide bonds. The first kappa shape index (κ1) is 12.9. The van der Waals surface area contributed by atoms with Crippen molar-refractivity contribution >= 4 is 17.4 Å². The van der Waals surface area contributed by atoms with E-state index < -0.39 is 0 Å². The predicted octanol–water partition coefficient (Wildman–Crippen LogP) is 2.87. The molecule has 0 saturated carbocycles. The molecule has 0 spiro atoms. The van der Waals surface area contributed by atoms with E-state index in [1.165, 1.54) is 0 Å². The minimum absolute atomic E-state index is 0.153. The van der Waals surface area contributed by atoms with E-state index in [4.69, 9.17) is 23.1 Å². The summed E-state index contributed by atoms with van der Waals surface area (Å²) in [5, 5.41) is 0.726. The average Bonchev–Trinajstić information content (AvgIpc) is 2.32. The molecule has 0 aliphatic rings. The predicted molar refractivity (Wildman–Crippen MR) is 75.5 cm³/mol. The van der Waals surface area contributed by atoms with Gasteiger partial charge in [0.25, 0.3) is 0 Å². The van der Waals surface area contributed by atoms with Crippen molar-refractivity contribution in [3.63, 3.8) is 0 Å². The standard InChI is InChI=1S/C14H16ClN3/c1-9-6-7-18-14(17)13(9)12(16)8-10-2-4-11(15)5-3-10/h2-7,12H,8,16H2,1H3,(H2,17,18). The highest BCUT2D eigenvalue weighted by atomic mass is 35.5. The summed E-state index contributed by atoms with van der Waals surface area (Å²) < 4.78 is 0. The molecule has 3 nitrogen and oxygen atoms in total. The van der Waals surface area contributed by atoms with Gasteiger partial charge in [0.05, 0.1) is 0 Å². The molecule has 0 radical (unpaired) electrons. The Kier molecular flexibility index (Phi) is 3.84. The highest BCUT2D eigenvalue weighted by molar-refractivity contribution is 6.30. The number of benzene rings is 1. The molecule has 1 heterocycles. The molecule has 0 aliphatic heterocycles. The molecule has 0 bridgehead atoms. The Morgan fingerprint density at radius 2 is 1.89 bits per heavy atom. The molecule has 1 unspecified atom stereocenters. The number of pyridine rings is 1. The lowest BCUT2D eigenvalue weighted by Crippen LogP contribution is -2.17. The van der Waals surface area contributed by atoms with Crippen LogP contribution in [0, 0.1) is 6.92 Å². The lowest BCUT2D eigenvalue weighted by Gasteiger charge is -2.16. The molecule has 2 aromatic rings. The largest absolute Gasteiger partial charge is 0.383 e. The quantitative estimate of drug-likeness (QED) is 0.893. The number of aromatic nitrogens is 1. The van der Waals surface area contributed by atoms with Crippen molar-refractivity contribution in [1.29, 1.82) is 0 Å². The highest BCUT2D eigenvalue weighted by Gasteiger charge is 2.13. The SMILES string of the molecule is Cc1ccnc(N)c1C(N)Cc1ccc(Cl)cc1. The Bertz CT molecular complexity index is 517. The van der Waals surface area contributed by atoms with E-state index >= 15 is 0 Å². The summed E-state index contributed by atoms with van der Waals surface area (Å²) in [5.41, 5.74) is 15.2. The Hall–Kier alpha value is -1.58. The van der Waals surface area contributed by atoms with Crippen LogP contribution in [-0.4, -0.2) is 4.98 Å². The van der Waals surface area contributed by atoms with E-state index in [-0.39, 0.29) is 6.04 Å². The number of nitrogens with zero attached hydrogens (tertiary/aromatic N) is 1. The number of nitrogens with two attached hydrogens (primary N) is 2. The lowest BCUT2D eigenvalue weighted by atomic mass is 9.97. The lowest BCUT2D eigenvalue weighted by molar-refractivity contribution is 0.716. The van der Waals surface area contributed by atoms with Crippen LogP contribution in [0.25, 0.3) is 0 Å². The first-order valence-corrected chi connectivity index (χ1v) is 6.16. The third-order valence-corrected chi connectivity index (χ3v) is 3.23. The van der Waals surface area contributed by atoms with Crippen LogP contribution in [0.2, 0.25) is 5.02 Å². The van der Waals surface area contributed by atoms with E-state index in [1.807, 2.05) is 37.3 Å². The fourth-order valence-corrected chi connectivity index (χ4v) is 2.18. The van der Waals surface area contributed by atoms with E-state index in [1.54, 1.807) is 6.20 Å². The Balaban J connectivity index is 2.22. The van der Waals surface area contributed by atoms with Gasteiger partial charge in [0, 0.05) is 22.8 Å². The molecule has 0 aliphatic carbocycles. The van der Waals surface area contributed by atoms with Crippen LogP contribution in [0.3, 0.4) is 0 Å². The van der Waals surface area contributed by atoms with Crippen LogP contribution in [0.4, 0.5) is 5.82 Å². The van der Waals surface area contributed by atoms with Gasteiger partial charge in [-0.25, -0.2) is 4.98 Å². The van der Waals surface area contributed by atoms with Gasteiger partial charge in [-0.05, 0) is 42.7 Å². The van der Waals surface area contributed by atoms with Crippen LogP contribution in [0.1, 0.15) is 22.7 Å². The molecular formula is C14H16ClN3. The number of anilines is 1. The molecule has 4 N–H and O–H groups in total. The first-order valence-electron chi connectivity index (χ1n) is 5.79. The molecule has 18 heavy (non-hydrogen) atoms. The van der Waals surface area contributed by atoms with Gasteiger partial charge < -0.3 is 11.5 Å². The van der Waals surface area contributed by atoms with Crippen molar-refractivity contribution in [3.8, 4) is 0 Å². The third kappa shape index (κ3) is 2.81. The summed E-state index contributed by atoms with van der Waals surface area (Å²) in [4.78, 5) is 4.09. The third-order valence-electron chi connectivity index (χ3n) is 2.98. The van der Waals surface area contributed by atoms with Gasteiger partial charge in [-0.2, -0.15) is 0 Å². The van der Waals surface area contributed by atoms with E-state index in [9.17, 15) is 0 Å². The Morgan fingerprint density at radius 3 is 2.50 bits per heavy atom. The smallest absolute Gasteiger partial charge is 0.128 e. The van der Waals surface area contributed by atoms with Crippen molar-refractivity contribution in [2.75, 3.05) is 5.73 Å². The van der Waals surface area contributed by atoms with E-state index in [0.717, 1.165) is 21.7 Å². The maximum Gasteiger partial charge on any atom is 0.128 e. The number of hydrogen-bond donors (Lipinski definition) is 2. The summed E-state index contributed by atoms with van der Waals surface area (Å²) in [6.07, 6.45) is 2.41. The molecule has 94 valence electrons. The monoisotopic (exact) mass is 261 g/mol. The maximum absolute atomic E-state index is 6.21. The normalized spacial score (nSPS) is 12.4. The molecule has 2 rings (SSSR count). The molecule has 4 heteroatoms. The Labute approximate surface area is 112 Å².